The van der Waals surface area contributed by atoms with Gasteiger partial charge in [0, 0.05) is 6.10 Å². The van der Waals surface area contributed by atoms with Gasteiger partial charge in [-0.1, -0.05) is 46.5 Å². The van der Waals surface area contributed by atoms with Gasteiger partial charge in [0.2, 0.25) is 0 Å². The second-order valence-corrected chi connectivity index (χ2v) is 5.12. The van der Waals surface area contributed by atoms with Crippen molar-refractivity contribution in [3.05, 3.63) is 6.61 Å². The third-order valence-corrected chi connectivity index (χ3v) is 3.07. The Morgan fingerprint density at radius 2 is 1.88 bits per heavy atom. The zero-order valence-electron chi connectivity index (χ0n) is 11.6. The van der Waals surface area contributed by atoms with Crippen LogP contribution in [0.3, 0.4) is 0 Å². The third-order valence-electron chi connectivity index (χ3n) is 3.07. The molecule has 0 bridgehead atoms. The normalized spacial score (nSPS) is 28.5. The molecule has 2 nitrogen and oxygen atoms in total. The van der Waals surface area contributed by atoms with Gasteiger partial charge in [0.1, 0.15) is 6.29 Å². The van der Waals surface area contributed by atoms with E-state index in [2.05, 4.69) is 20.8 Å². The van der Waals surface area contributed by atoms with Gasteiger partial charge in [-0.15, -0.1) is 5.41 Å². The standard InChI is InChI=1S/C13H25O2.Li/c1-5-6-7-8-9-12-13(3,4)10-14-11(2)15-12;/h10-12H,5-9H2,1-4H3;/q-1;+1/t11-,12+;/m1./s1. The quantitative estimate of drug-likeness (QED) is 0.389. The first-order valence-electron chi connectivity index (χ1n) is 6.21. The van der Waals surface area contributed by atoms with Gasteiger partial charge in [-0.05, 0) is 13.3 Å². The van der Waals surface area contributed by atoms with Gasteiger partial charge >= 0.3 is 18.9 Å². The molecule has 1 heterocycles. The summed E-state index contributed by atoms with van der Waals surface area (Å²) in [6.45, 7) is 10.5. The van der Waals surface area contributed by atoms with Gasteiger partial charge in [0.15, 0.2) is 0 Å². The summed E-state index contributed by atoms with van der Waals surface area (Å²) in [7, 11) is 0. The van der Waals surface area contributed by atoms with Crippen molar-refractivity contribution in [3.63, 3.8) is 0 Å². The van der Waals surface area contributed by atoms with Crippen LogP contribution in [0.25, 0.3) is 0 Å². The van der Waals surface area contributed by atoms with E-state index in [1.807, 2.05) is 13.5 Å². The molecule has 0 saturated carbocycles. The molecule has 1 saturated heterocycles. The fourth-order valence-corrected chi connectivity index (χ4v) is 1.98. The minimum atomic E-state index is -0.0748. The largest absolute Gasteiger partial charge is 1.00 e. The molecule has 0 N–H and O–H groups in total. The maximum absolute atomic E-state index is 5.83. The van der Waals surface area contributed by atoms with E-state index in [-0.39, 0.29) is 30.6 Å². The molecule has 90 valence electrons. The van der Waals surface area contributed by atoms with Crippen molar-refractivity contribution in [2.24, 2.45) is 5.41 Å². The maximum atomic E-state index is 5.83. The molecule has 0 aromatic carbocycles. The molecule has 1 rings (SSSR count). The summed E-state index contributed by atoms with van der Waals surface area (Å²) in [5.74, 6) is 0. The summed E-state index contributed by atoms with van der Waals surface area (Å²) in [5.41, 5.74) is 0.0543. The number of ether oxygens (including phenoxy) is 2. The summed E-state index contributed by atoms with van der Waals surface area (Å²) < 4.78 is 11.2. The van der Waals surface area contributed by atoms with E-state index >= 15 is 0 Å². The van der Waals surface area contributed by atoms with Crippen LogP contribution in [0.15, 0.2) is 0 Å². The van der Waals surface area contributed by atoms with Gasteiger partial charge < -0.3 is 9.47 Å². The van der Waals surface area contributed by atoms with E-state index < -0.39 is 0 Å². The second-order valence-electron chi connectivity index (χ2n) is 5.12. The SMILES string of the molecule is CCCCCC[C@@H]1O[C@H](C)O[CH-]C1(C)C.[Li+]. The van der Waals surface area contributed by atoms with Gasteiger partial charge in [-0.3, -0.25) is 0 Å². The van der Waals surface area contributed by atoms with Crippen LogP contribution in [-0.2, 0) is 9.47 Å². The van der Waals surface area contributed by atoms with E-state index in [0.717, 1.165) is 6.42 Å². The van der Waals surface area contributed by atoms with E-state index in [0.29, 0.717) is 6.10 Å². The van der Waals surface area contributed by atoms with Crippen molar-refractivity contribution >= 4 is 0 Å². The van der Waals surface area contributed by atoms with Crippen molar-refractivity contribution in [1.82, 2.24) is 0 Å². The molecule has 1 fully saturated rings. The van der Waals surface area contributed by atoms with E-state index in [9.17, 15) is 0 Å². The van der Waals surface area contributed by atoms with Gasteiger partial charge in [0.05, 0.1) is 0 Å². The number of rotatable bonds is 5. The average Bonchev–Trinajstić information content (AvgIpc) is 2.18. The Morgan fingerprint density at radius 3 is 2.50 bits per heavy atom. The van der Waals surface area contributed by atoms with E-state index in [1.165, 1.54) is 25.7 Å². The Morgan fingerprint density at radius 1 is 1.19 bits per heavy atom. The van der Waals surface area contributed by atoms with Gasteiger partial charge in [0.25, 0.3) is 0 Å². The third kappa shape index (κ3) is 5.23. The summed E-state index contributed by atoms with van der Waals surface area (Å²) >= 11 is 0. The van der Waals surface area contributed by atoms with E-state index in [1.54, 1.807) is 0 Å². The first kappa shape index (κ1) is 16.5. The summed E-state index contributed by atoms with van der Waals surface area (Å²) in [6, 6.07) is 0. The predicted molar refractivity (Wildman–Crippen MR) is 62.3 cm³/mol. The predicted octanol–water partition coefficient (Wildman–Crippen LogP) is 0.910. The summed E-state index contributed by atoms with van der Waals surface area (Å²) in [4.78, 5) is 0. The molecule has 3 heteroatoms. The molecule has 0 amide bonds. The van der Waals surface area contributed by atoms with Crippen molar-refractivity contribution in [2.45, 2.75) is 72.2 Å². The minimum absolute atomic E-state index is 0. The van der Waals surface area contributed by atoms with Crippen LogP contribution in [0, 0.1) is 12.0 Å². The molecule has 0 aromatic heterocycles. The first-order valence-corrected chi connectivity index (χ1v) is 6.21. The van der Waals surface area contributed by atoms with Gasteiger partial charge in [-0.2, -0.15) is 0 Å². The van der Waals surface area contributed by atoms with Crippen LogP contribution in [0.1, 0.15) is 59.8 Å². The molecule has 0 aromatic rings. The zero-order valence-corrected chi connectivity index (χ0v) is 11.6. The Kier molecular flexibility index (Phi) is 8.02. The second kappa shape index (κ2) is 7.77. The zero-order chi connectivity index (χ0) is 11.3. The summed E-state index contributed by atoms with van der Waals surface area (Å²) in [6.07, 6.45) is 6.61. The minimum Gasteiger partial charge on any atom is -0.529 e. The molecular formula is C13H25LiO2. The van der Waals surface area contributed by atoms with E-state index in [4.69, 9.17) is 9.47 Å². The van der Waals surface area contributed by atoms with Gasteiger partial charge in [-0.25, -0.2) is 6.61 Å². The van der Waals surface area contributed by atoms with Crippen molar-refractivity contribution in [3.8, 4) is 0 Å². The summed E-state index contributed by atoms with van der Waals surface area (Å²) in [5, 5.41) is 0. The van der Waals surface area contributed by atoms with Crippen LogP contribution in [-0.4, -0.2) is 12.4 Å². The number of hydrogen-bond donors (Lipinski definition) is 0. The molecule has 0 aliphatic carbocycles. The molecule has 0 radical (unpaired) electrons. The first-order chi connectivity index (χ1) is 7.06. The molecular weight excluding hydrogens is 195 g/mol. The molecule has 16 heavy (non-hydrogen) atoms. The number of hydrogen-bond acceptors (Lipinski definition) is 2. The Labute approximate surface area is 113 Å². The average molecular weight is 220 g/mol. The molecule has 1 aliphatic heterocycles. The number of unbranched alkanes of at least 4 members (excludes halogenated alkanes) is 3. The monoisotopic (exact) mass is 220 g/mol. The van der Waals surface area contributed by atoms with Crippen LogP contribution >= 0.6 is 0 Å². The van der Waals surface area contributed by atoms with Crippen LogP contribution in [0.2, 0.25) is 0 Å². The Hall–Kier alpha value is 0.517. The topological polar surface area (TPSA) is 18.5 Å². The van der Waals surface area contributed by atoms with Crippen molar-refractivity contribution in [2.75, 3.05) is 0 Å². The molecule has 0 unspecified atom stereocenters. The maximum Gasteiger partial charge on any atom is 1.00 e. The fraction of sp³-hybridized carbons (Fsp3) is 0.923. The van der Waals surface area contributed by atoms with Crippen LogP contribution < -0.4 is 18.9 Å². The van der Waals surface area contributed by atoms with Crippen LogP contribution in [0.4, 0.5) is 0 Å². The van der Waals surface area contributed by atoms with Crippen molar-refractivity contribution in [1.29, 1.82) is 0 Å². The fourth-order valence-electron chi connectivity index (χ4n) is 1.98. The molecule has 1 aliphatic rings. The molecule has 0 spiro atoms. The van der Waals surface area contributed by atoms with Crippen LogP contribution in [0.5, 0.6) is 0 Å². The smallest absolute Gasteiger partial charge is 0.529 e. The Bertz CT molecular complexity index is 183. The van der Waals surface area contributed by atoms with Crippen molar-refractivity contribution < 1.29 is 28.3 Å². The Balaban J connectivity index is 0.00000225. The molecule has 2 atom stereocenters.